The van der Waals surface area contributed by atoms with Crippen molar-refractivity contribution >= 4 is 45.7 Å². The molecule has 4 aromatic carbocycles. The van der Waals surface area contributed by atoms with Crippen LogP contribution in [-0.4, -0.2) is 37.5 Å². The Balaban J connectivity index is 0.000000220. The summed E-state index contributed by atoms with van der Waals surface area (Å²) in [4.78, 5) is 15.4. The Hall–Kier alpha value is -5.08. The van der Waals surface area contributed by atoms with Gasteiger partial charge in [-0.2, -0.15) is 10.2 Å². The van der Waals surface area contributed by atoms with Gasteiger partial charge in [0.25, 0.3) is 0 Å². The topological polar surface area (TPSA) is 123 Å². The van der Waals surface area contributed by atoms with E-state index in [-0.39, 0.29) is 5.48 Å². The number of rotatable bonds is 7. The molecular formula is C42H54N6O2. The van der Waals surface area contributed by atoms with Gasteiger partial charge >= 0.3 is 0 Å². The molecule has 2 aromatic heterocycles. The Morgan fingerprint density at radius 2 is 0.960 bits per heavy atom. The van der Waals surface area contributed by atoms with E-state index in [1.54, 1.807) is 4.68 Å². The second kappa shape index (κ2) is 17.5. The molecule has 0 saturated carbocycles. The lowest BCUT2D eigenvalue weighted by molar-refractivity contribution is 0.111. The van der Waals surface area contributed by atoms with E-state index in [4.69, 9.17) is 10.7 Å². The molecule has 0 spiro atoms. The summed E-state index contributed by atoms with van der Waals surface area (Å²) in [5, 5.41) is 10.7. The van der Waals surface area contributed by atoms with E-state index in [1.165, 1.54) is 22.3 Å². The van der Waals surface area contributed by atoms with Gasteiger partial charge < -0.3 is 11.2 Å². The van der Waals surface area contributed by atoms with E-state index in [9.17, 15) is 4.79 Å². The van der Waals surface area contributed by atoms with Gasteiger partial charge in [0.2, 0.25) is 0 Å². The highest BCUT2D eigenvalue weighted by atomic mass is 16.1. The number of carbonyl (C=O) groups is 1. The predicted octanol–water partition coefficient (Wildman–Crippen LogP) is 9.65. The van der Waals surface area contributed by atoms with Gasteiger partial charge in [-0.15, -0.1) is 0 Å². The van der Waals surface area contributed by atoms with Crippen LogP contribution >= 0.6 is 0 Å². The van der Waals surface area contributed by atoms with Crippen LogP contribution in [0.2, 0.25) is 0 Å². The first-order valence-corrected chi connectivity index (χ1v) is 17.2. The Labute approximate surface area is 297 Å². The highest BCUT2D eigenvalue weighted by Crippen LogP contribution is 2.35. The highest BCUT2D eigenvalue weighted by molar-refractivity contribution is 5.98. The van der Waals surface area contributed by atoms with Gasteiger partial charge in [-0.3, -0.25) is 19.2 Å². The average Bonchev–Trinajstić information content (AvgIpc) is 3.59. The summed E-state index contributed by atoms with van der Waals surface area (Å²) in [5.74, 6) is 1.91. The maximum Gasteiger partial charge on any atom is 0.170 e. The number of nitrogens with zero attached hydrogens (tertiary/aromatic N) is 5. The number of benzene rings is 4. The van der Waals surface area contributed by atoms with Crippen LogP contribution in [0.25, 0.3) is 21.8 Å². The number of hydrogen-bond donors (Lipinski definition) is 1. The summed E-state index contributed by atoms with van der Waals surface area (Å²) < 4.78 is 3.62. The SMILES string of the molecule is CC(C)c1cccc(C(C)C)c1N.CC(C)c1cccc(C(C)C)c1N=Cc1nn(C)c2ccccc12.Cn1nc(C=O)c2ccccc21.O. The van der Waals surface area contributed by atoms with Gasteiger partial charge in [0.15, 0.2) is 6.29 Å². The van der Waals surface area contributed by atoms with Gasteiger partial charge in [-0.1, -0.05) is 128 Å². The number of anilines is 1. The molecule has 8 heteroatoms. The summed E-state index contributed by atoms with van der Waals surface area (Å²) in [6, 6.07) is 28.8. The first-order chi connectivity index (χ1) is 23.3. The molecule has 8 nitrogen and oxygen atoms in total. The molecule has 6 rings (SSSR count). The molecule has 0 aliphatic rings. The molecule has 0 saturated heterocycles. The molecule has 0 bridgehead atoms. The Morgan fingerprint density at radius 3 is 1.38 bits per heavy atom. The van der Waals surface area contributed by atoms with Crippen LogP contribution in [0.15, 0.2) is 89.9 Å². The number of aryl methyl sites for hydroxylation is 2. The molecule has 6 aromatic rings. The summed E-state index contributed by atoms with van der Waals surface area (Å²) in [7, 11) is 3.80. The van der Waals surface area contributed by atoms with Gasteiger partial charge in [0.1, 0.15) is 11.4 Å². The van der Waals surface area contributed by atoms with E-state index in [0.29, 0.717) is 29.4 Å². The molecule has 4 N–H and O–H groups in total. The minimum Gasteiger partial charge on any atom is -0.412 e. The molecule has 0 amide bonds. The van der Waals surface area contributed by atoms with E-state index in [0.717, 1.165) is 45.2 Å². The van der Waals surface area contributed by atoms with Crippen LogP contribution in [0.4, 0.5) is 11.4 Å². The van der Waals surface area contributed by atoms with E-state index in [1.807, 2.05) is 61.4 Å². The van der Waals surface area contributed by atoms with Gasteiger partial charge in [0, 0.05) is 30.6 Å². The number of para-hydroxylation sites is 4. The summed E-state index contributed by atoms with van der Waals surface area (Å²) in [5.41, 5.74) is 16.8. The van der Waals surface area contributed by atoms with Crippen molar-refractivity contribution in [3.05, 3.63) is 119 Å². The fourth-order valence-corrected chi connectivity index (χ4v) is 6.06. The van der Waals surface area contributed by atoms with Crippen LogP contribution in [0.3, 0.4) is 0 Å². The fraction of sp³-hybridized carbons (Fsp3) is 0.333. The second-order valence-electron chi connectivity index (χ2n) is 13.7. The summed E-state index contributed by atoms with van der Waals surface area (Å²) >= 11 is 0. The zero-order valence-corrected chi connectivity index (χ0v) is 31.3. The highest BCUT2D eigenvalue weighted by Gasteiger charge is 2.14. The summed E-state index contributed by atoms with van der Waals surface area (Å²) in [6.45, 7) is 17.6. The zero-order valence-electron chi connectivity index (χ0n) is 31.3. The number of aldehydes is 1. The second-order valence-corrected chi connectivity index (χ2v) is 13.7. The number of hydrogen-bond acceptors (Lipinski definition) is 5. The third-order valence-corrected chi connectivity index (χ3v) is 8.76. The standard InChI is InChI=1S/C21H25N3.C12H19N.C9H8N2O.H2O/c1-14(2)16-10-8-11-17(15(3)4)21(16)22-13-19-18-9-6-7-12-20(18)24(5)23-19;1-8(2)10-6-5-7-11(9(3)4)12(10)13;1-11-9-5-3-2-4-7(9)8(6-12)10-11;/h6-15H,1-5H3;5-9H,13H2,1-4H3;2-6H,1H3;1H2. The Kier molecular flexibility index (Phi) is 13.8. The van der Waals surface area contributed by atoms with Crippen LogP contribution in [0.5, 0.6) is 0 Å². The maximum atomic E-state index is 10.6. The molecule has 0 aliphatic heterocycles. The molecular weight excluding hydrogens is 621 g/mol. The van der Waals surface area contributed by atoms with Crippen molar-refractivity contribution < 1.29 is 10.3 Å². The molecule has 0 radical (unpaired) electrons. The Bertz CT molecular complexity index is 2000. The van der Waals surface area contributed by atoms with Gasteiger partial charge in [-0.05, 0) is 58.1 Å². The normalized spacial score (nSPS) is 11.2. The van der Waals surface area contributed by atoms with Crippen molar-refractivity contribution in [2.45, 2.75) is 79.1 Å². The van der Waals surface area contributed by atoms with Crippen molar-refractivity contribution in [1.82, 2.24) is 19.6 Å². The number of fused-ring (bicyclic) bond motifs is 2. The minimum absolute atomic E-state index is 0. The molecule has 0 unspecified atom stereocenters. The van der Waals surface area contributed by atoms with Crippen molar-refractivity contribution in [3.63, 3.8) is 0 Å². The smallest absolute Gasteiger partial charge is 0.170 e. The fourth-order valence-electron chi connectivity index (χ4n) is 6.06. The lowest BCUT2D eigenvalue weighted by atomic mass is 9.93. The van der Waals surface area contributed by atoms with Crippen LogP contribution in [0, 0.1) is 0 Å². The first-order valence-electron chi connectivity index (χ1n) is 17.2. The van der Waals surface area contributed by atoms with Crippen molar-refractivity contribution in [2.75, 3.05) is 5.73 Å². The van der Waals surface area contributed by atoms with E-state index < -0.39 is 0 Å². The molecule has 2 heterocycles. The number of nitrogens with two attached hydrogens (primary N) is 1. The first kappa shape index (κ1) is 39.4. The maximum absolute atomic E-state index is 10.6. The minimum atomic E-state index is 0. The third kappa shape index (κ3) is 8.93. The van der Waals surface area contributed by atoms with Crippen LogP contribution < -0.4 is 5.73 Å². The quantitative estimate of drug-likeness (QED) is 0.103. The summed E-state index contributed by atoms with van der Waals surface area (Å²) in [6.07, 6.45) is 2.69. The monoisotopic (exact) mass is 674 g/mol. The average molecular weight is 675 g/mol. The number of aliphatic imine (C=N–C) groups is 1. The molecule has 264 valence electrons. The van der Waals surface area contributed by atoms with Crippen LogP contribution in [0.1, 0.15) is 117 Å². The number of nitrogen functional groups attached to an aromatic ring is 1. The van der Waals surface area contributed by atoms with E-state index in [2.05, 4.69) is 114 Å². The van der Waals surface area contributed by atoms with Crippen molar-refractivity contribution in [3.8, 4) is 0 Å². The largest absolute Gasteiger partial charge is 0.412 e. The Morgan fingerprint density at radius 1 is 0.580 bits per heavy atom. The lowest BCUT2D eigenvalue weighted by Crippen LogP contribution is -2.02. The predicted molar refractivity (Wildman–Crippen MR) is 211 cm³/mol. The van der Waals surface area contributed by atoms with Gasteiger partial charge in [0.05, 0.1) is 22.9 Å². The third-order valence-electron chi connectivity index (χ3n) is 8.76. The molecule has 50 heavy (non-hydrogen) atoms. The number of aromatic nitrogens is 4. The zero-order chi connectivity index (χ0) is 35.8. The number of carbonyl (C=O) groups excluding carboxylic acids is 1. The van der Waals surface area contributed by atoms with Crippen molar-refractivity contribution in [2.24, 2.45) is 19.1 Å². The van der Waals surface area contributed by atoms with Crippen molar-refractivity contribution in [1.29, 1.82) is 0 Å². The molecule has 0 fully saturated rings. The van der Waals surface area contributed by atoms with Crippen LogP contribution in [-0.2, 0) is 14.1 Å². The van der Waals surface area contributed by atoms with E-state index >= 15 is 0 Å². The molecule has 0 aliphatic carbocycles. The lowest BCUT2D eigenvalue weighted by Gasteiger charge is -2.16. The molecule has 0 atom stereocenters. The van der Waals surface area contributed by atoms with Gasteiger partial charge in [-0.25, -0.2) is 0 Å².